The Balaban J connectivity index is 1.57. The summed E-state index contributed by atoms with van der Waals surface area (Å²) in [6, 6.07) is 7.19. The van der Waals surface area contributed by atoms with Gasteiger partial charge >= 0.3 is 6.09 Å². The van der Waals surface area contributed by atoms with Crippen molar-refractivity contribution in [3.8, 4) is 5.75 Å². The van der Waals surface area contributed by atoms with E-state index in [1.807, 2.05) is 12.1 Å². The number of ether oxygens (including phenoxy) is 2. The van der Waals surface area contributed by atoms with E-state index in [0.717, 1.165) is 36.8 Å². The molecule has 1 aromatic rings. The van der Waals surface area contributed by atoms with Crippen molar-refractivity contribution in [2.45, 2.75) is 59.0 Å². The number of hydrogen-bond donors (Lipinski definition) is 1. The van der Waals surface area contributed by atoms with E-state index in [1.54, 1.807) is 12.1 Å². The monoisotopic (exact) mass is 481 g/mol. The fourth-order valence-electron chi connectivity index (χ4n) is 5.94. The molecule has 1 aliphatic carbocycles. The van der Waals surface area contributed by atoms with Gasteiger partial charge in [-0.2, -0.15) is 4.90 Å². The van der Waals surface area contributed by atoms with Crippen molar-refractivity contribution < 1.29 is 29.0 Å². The normalized spacial score (nSPS) is 26.4. The van der Waals surface area contributed by atoms with E-state index in [1.165, 1.54) is 18.3 Å². The van der Waals surface area contributed by atoms with Crippen molar-refractivity contribution in [2.24, 2.45) is 23.7 Å². The minimum atomic E-state index is -0.902. The number of rotatable bonds is 7. The van der Waals surface area contributed by atoms with Crippen LogP contribution < -0.4 is 0 Å². The SMILES string of the molecule is CCC/C(=C\c1ccc(O)cc1)CC[C@H]1OC[C@H]2C1=C(C(C)C)C[C@H]1C(=O)N(C(=O)OC)C(=O)[C@H]12. The van der Waals surface area contributed by atoms with Gasteiger partial charge in [-0.15, -0.1) is 0 Å². The van der Waals surface area contributed by atoms with E-state index in [2.05, 4.69) is 26.8 Å². The molecule has 7 heteroatoms. The van der Waals surface area contributed by atoms with Gasteiger partial charge in [0.2, 0.25) is 11.8 Å². The molecule has 0 aromatic heterocycles. The molecule has 0 radical (unpaired) electrons. The van der Waals surface area contributed by atoms with Crippen LogP contribution in [0.15, 0.2) is 41.0 Å². The summed E-state index contributed by atoms with van der Waals surface area (Å²) in [5.74, 6) is -1.71. The number of likely N-dealkylation sites (tertiary alicyclic amines) is 1. The van der Waals surface area contributed by atoms with E-state index >= 15 is 0 Å². The Morgan fingerprint density at radius 2 is 1.89 bits per heavy atom. The van der Waals surface area contributed by atoms with Crippen LogP contribution in [0.2, 0.25) is 0 Å². The highest BCUT2D eigenvalue weighted by Crippen LogP contribution is 2.51. The fourth-order valence-corrected chi connectivity index (χ4v) is 5.94. The number of carbonyl (C=O) groups is 3. The molecule has 1 aromatic carbocycles. The zero-order chi connectivity index (χ0) is 25.3. The third-order valence-corrected chi connectivity index (χ3v) is 7.56. The van der Waals surface area contributed by atoms with Crippen LogP contribution in [0.3, 0.4) is 0 Å². The summed E-state index contributed by atoms with van der Waals surface area (Å²) < 4.78 is 11.0. The highest BCUT2D eigenvalue weighted by atomic mass is 16.5. The molecule has 3 aliphatic rings. The Hall–Kier alpha value is -2.93. The van der Waals surface area contributed by atoms with Gasteiger partial charge in [-0.1, -0.05) is 56.5 Å². The second-order valence-corrected chi connectivity index (χ2v) is 10.1. The molecule has 2 saturated heterocycles. The lowest BCUT2D eigenvalue weighted by Gasteiger charge is -2.33. The van der Waals surface area contributed by atoms with Gasteiger partial charge in [0, 0.05) is 5.92 Å². The minimum Gasteiger partial charge on any atom is -0.508 e. The number of imide groups is 3. The number of hydrogen-bond acceptors (Lipinski definition) is 6. The molecule has 0 bridgehead atoms. The van der Waals surface area contributed by atoms with Crippen LogP contribution in [0, 0.1) is 23.7 Å². The molecule has 35 heavy (non-hydrogen) atoms. The standard InChI is InChI=1S/C28H35NO6/c1-5-6-17(13-18-7-10-19(30)11-8-18)9-12-23-24-20(16(2)3)14-21-25(22(24)15-35-23)27(32)29(26(21)31)28(33)34-4/h7-8,10-11,13,16,21-23,25,30H,5-6,9,12,14-15H2,1-4H3/b17-13+/t21-,22+,23-,25-/m1/s1. The third kappa shape index (κ3) is 4.79. The number of allylic oxidation sites excluding steroid dienone is 2. The Morgan fingerprint density at radius 3 is 2.51 bits per heavy atom. The lowest BCUT2D eigenvalue weighted by Crippen LogP contribution is -2.38. The maximum atomic E-state index is 13.2. The number of methoxy groups -OCH3 is 1. The van der Waals surface area contributed by atoms with Gasteiger partial charge in [0.25, 0.3) is 0 Å². The predicted octanol–water partition coefficient (Wildman–Crippen LogP) is 5.09. The number of aromatic hydroxyl groups is 1. The molecule has 1 N–H and O–H groups in total. The average Bonchev–Trinajstić information content (AvgIpc) is 3.36. The third-order valence-electron chi connectivity index (χ3n) is 7.56. The van der Waals surface area contributed by atoms with Gasteiger partial charge in [0.05, 0.1) is 31.7 Å². The molecule has 7 nitrogen and oxygen atoms in total. The van der Waals surface area contributed by atoms with Gasteiger partial charge in [-0.05, 0) is 54.9 Å². The van der Waals surface area contributed by atoms with Crippen LogP contribution in [0.4, 0.5) is 4.79 Å². The van der Waals surface area contributed by atoms with Crippen LogP contribution in [-0.4, -0.2) is 47.7 Å². The Kier molecular flexibility index (Phi) is 7.45. The Labute approximate surface area is 206 Å². The molecule has 2 aliphatic heterocycles. The van der Waals surface area contributed by atoms with Crippen LogP contribution in [0.1, 0.15) is 58.4 Å². The summed E-state index contributed by atoms with van der Waals surface area (Å²) in [6.07, 6.45) is 5.31. The first-order chi connectivity index (χ1) is 16.8. The van der Waals surface area contributed by atoms with Gasteiger partial charge in [-0.25, -0.2) is 4.79 Å². The topological polar surface area (TPSA) is 93.1 Å². The largest absolute Gasteiger partial charge is 0.508 e. The number of phenols is 1. The van der Waals surface area contributed by atoms with Crippen molar-refractivity contribution in [3.05, 3.63) is 46.5 Å². The second kappa shape index (κ2) is 10.4. The molecule has 4 atom stereocenters. The van der Waals surface area contributed by atoms with Crippen LogP contribution in [-0.2, 0) is 19.1 Å². The summed E-state index contributed by atoms with van der Waals surface area (Å²) in [4.78, 5) is 39.0. The summed E-state index contributed by atoms with van der Waals surface area (Å²) in [6.45, 7) is 6.77. The number of nitrogens with zero attached hydrogens (tertiary/aromatic N) is 1. The first-order valence-electron chi connectivity index (χ1n) is 12.5. The van der Waals surface area contributed by atoms with Crippen molar-refractivity contribution in [1.29, 1.82) is 0 Å². The molecule has 188 valence electrons. The molecule has 2 fully saturated rings. The molecule has 4 rings (SSSR count). The van der Waals surface area contributed by atoms with Gasteiger partial charge in [-0.3, -0.25) is 9.59 Å². The second-order valence-electron chi connectivity index (χ2n) is 10.1. The maximum Gasteiger partial charge on any atom is 0.423 e. The van der Waals surface area contributed by atoms with E-state index in [4.69, 9.17) is 9.47 Å². The average molecular weight is 482 g/mol. The van der Waals surface area contributed by atoms with E-state index < -0.39 is 29.7 Å². The minimum absolute atomic E-state index is 0.103. The van der Waals surface area contributed by atoms with Gasteiger partial charge < -0.3 is 14.6 Å². The molecule has 3 amide bonds. The molecule has 2 heterocycles. The molecule has 0 spiro atoms. The number of amides is 3. The number of carbonyl (C=O) groups excluding carboxylic acids is 3. The van der Waals surface area contributed by atoms with E-state index in [9.17, 15) is 19.5 Å². The fraction of sp³-hybridized carbons (Fsp3) is 0.536. The highest BCUT2D eigenvalue weighted by Gasteiger charge is 2.59. The smallest absolute Gasteiger partial charge is 0.423 e. The number of fused-ring (bicyclic) bond motifs is 3. The first kappa shape index (κ1) is 25.2. The van der Waals surface area contributed by atoms with Crippen molar-refractivity contribution >= 4 is 24.0 Å². The summed E-state index contributed by atoms with van der Waals surface area (Å²) >= 11 is 0. The quantitative estimate of drug-likeness (QED) is 0.430. The highest BCUT2D eigenvalue weighted by molar-refractivity contribution is 6.16. The summed E-state index contributed by atoms with van der Waals surface area (Å²) in [5, 5.41) is 9.57. The van der Waals surface area contributed by atoms with Crippen molar-refractivity contribution in [2.75, 3.05) is 13.7 Å². The number of phenolic OH excluding ortho intramolecular Hbond substituents is 1. The molecule has 0 unspecified atom stereocenters. The van der Waals surface area contributed by atoms with Crippen molar-refractivity contribution in [1.82, 2.24) is 4.90 Å². The van der Waals surface area contributed by atoms with Crippen molar-refractivity contribution in [3.63, 3.8) is 0 Å². The Morgan fingerprint density at radius 1 is 1.17 bits per heavy atom. The van der Waals surface area contributed by atoms with Crippen LogP contribution in [0.5, 0.6) is 5.75 Å². The molecular formula is C28H35NO6. The van der Waals surface area contributed by atoms with E-state index in [0.29, 0.717) is 17.9 Å². The molecule has 0 saturated carbocycles. The van der Waals surface area contributed by atoms with Gasteiger partial charge in [0.1, 0.15) is 5.75 Å². The lowest BCUT2D eigenvalue weighted by atomic mass is 9.67. The van der Waals surface area contributed by atoms with Gasteiger partial charge in [0.15, 0.2) is 0 Å². The Bertz CT molecular complexity index is 1050. The zero-order valence-corrected chi connectivity index (χ0v) is 21.0. The zero-order valence-electron chi connectivity index (χ0n) is 21.0. The van der Waals surface area contributed by atoms with E-state index in [-0.39, 0.29) is 23.7 Å². The number of benzene rings is 1. The summed E-state index contributed by atoms with van der Waals surface area (Å²) in [5.41, 5.74) is 4.72. The maximum absolute atomic E-state index is 13.2. The van der Waals surface area contributed by atoms with Crippen LogP contribution in [0.25, 0.3) is 6.08 Å². The lowest BCUT2D eigenvalue weighted by molar-refractivity contribution is -0.137. The summed E-state index contributed by atoms with van der Waals surface area (Å²) in [7, 11) is 1.18. The molecular weight excluding hydrogens is 446 g/mol. The van der Waals surface area contributed by atoms with Crippen LogP contribution >= 0.6 is 0 Å². The first-order valence-corrected chi connectivity index (χ1v) is 12.5. The predicted molar refractivity (Wildman–Crippen MR) is 131 cm³/mol.